The summed E-state index contributed by atoms with van der Waals surface area (Å²) in [6.45, 7) is 8.11. The van der Waals surface area contributed by atoms with Crippen LogP contribution in [0.3, 0.4) is 0 Å². The monoisotopic (exact) mass is 600 g/mol. The van der Waals surface area contributed by atoms with Crippen molar-refractivity contribution in [3.8, 4) is 0 Å². The predicted molar refractivity (Wildman–Crippen MR) is 168 cm³/mol. The van der Waals surface area contributed by atoms with Crippen LogP contribution in [-0.2, 0) is 34.3 Å². The number of hydrogen-bond acceptors (Lipinski definition) is 6. The van der Waals surface area contributed by atoms with Crippen LogP contribution in [0.1, 0.15) is 136 Å². The van der Waals surface area contributed by atoms with E-state index >= 15 is 0 Å². The molecule has 0 bridgehead atoms. The molecule has 7 nitrogen and oxygen atoms in total. The SMILES string of the molecule is CCCCCCCCCCCCCCCCCCOCC(CC)(OC)S(=O)OS(C)(=O)=O.CCC[N+](C)(C)C. The Morgan fingerprint density at radius 2 is 1.10 bits per heavy atom. The third-order valence-electron chi connectivity index (χ3n) is 6.76. The normalized spacial score (nSPS) is 14.5. The van der Waals surface area contributed by atoms with Crippen molar-refractivity contribution in [2.75, 3.05) is 54.3 Å². The summed E-state index contributed by atoms with van der Waals surface area (Å²) in [5.41, 5.74) is 0. The molecule has 0 N–H and O–H groups in total. The predicted octanol–water partition coefficient (Wildman–Crippen LogP) is 7.76. The van der Waals surface area contributed by atoms with Gasteiger partial charge in [-0.05, 0) is 19.3 Å². The Balaban J connectivity index is 0. The number of unbranched alkanes of at least 4 members (excludes halogenated alkanes) is 15. The molecular weight excluding hydrogens is 534 g/mol. The van der Waals surface area contributed by atoms with Gasteiger partial charge in [-0.2, -0.15) is 12.0 Å². The molecule has 238 valence electrons. The molecule has 2 unspecified atom stereocenters. The van der Waals surface area contributed by atoms with Crippen LogP contribution in [0.4, 0.5) is 0 Å². The average molecular weight is 601 g/mol. The second-order valence-electron chi connectivity index (χ2n) is 11.8. The third-order valence-corrected chi connectivity index (χ3v) is 9.42. The number of rotatable bonds is 26. The largest absolute Gasteiger partial charge is 0.377 e. The minimum absolute atomic E-state index is 0.0425. The molecule has 0 fully saturated rings. The van der Waals surface area contributed by atoms with Crippen LogP contribution in [0.25, 0.3) is 0 Å². The minimum atomic E-state index is -3.83. The van der Waals surface area contributed by atoms with E-state index in [2.05, 4.69) is 38.6 Å². The summed E-state index contributed by atoms with van der Waals surface area (Å²) in [4.78, 5) is -1.27. The van der Waals surface area contributed by atoms with E-state index in [1.54, 1.807) is 6.92 Å². The summed E-state index contributed by atoms with van der Waals surface area (Å²) in [6, 6.07) is 0. The lowest BCUT2D eigenvalue weighted by Crippen LogP contribution is -2.42. The van der Waals surface area contributed by atoms with E-state index in [0.717, 1.165) is 23.6 Å². The van der Waals surface area contributed by atoms with Gasteiger partial charge in [-0.3, -0.25) is 0 Å². The maximum atomic E-state index is 12.3. The van der Waals surface area contributed by atoms with Gasteiger partial charge in [0, 0.05) is 13.7 Å². The molecular formula is C30H66NO6S2+. The van der Waals surface area contributed by atoms with Gasteiger partial charge in [0.15, 0.2) is 4.93 Å². The molecule has 0 heterocycles. The van der Waals surface area contributed by atoms with Crippen LogP contribution in [0.15, 0.2) is 0 Å². The second kappa shape index (κ2) is 25.6. The van der Waals surface area contributed by atoms with Crippen LogP contribution in [0.5, 0.6) is 0 Å². The van der Waals surface area contributed by atoms with Crippen LogP contribution in [-0.4, -0.2) is 76.3 Å². The summed E-state index contributed by atoms with van der Waals surface area (Å²) in [5.74, 6) is 0. The molecule has 0 aromatic rings. The van der Waals surface area contributed by atoms with Crippen LogP contribution >= 0.6 is 0 Å². The van der Waals surface area contributed by atoms with Crippen molar-refractivity contribution >= 4 is 21.2 Å². The van der Waals surface area contributed by atoms with E-state index in [4.69, 9.17) is 9.47 Å². The van der Waals surface area contributed by atoms with Crippen molar-refractivity contribution in [3.05, 3.63) is 0 Å². The van der Waals surface area contributed by atoms with Crippen LogP contribution < -0.4 is 0 Å². The van der Waals surface area contributed by atoms with E-state index in [0.29, 0.717) is 13.0 Å². The standard InChI is InChI=1S/C24H50O6S2.C6H16N/c1-5-7-8-9-10-11-12-13-14-15-16-17-18-19-20-21-22-29-23-24(6-2,28-3)31(25)30-32(4,26)27;1-5-6-7(2,3)4/h5-23H2,1-4H3;5-6H2,1-4H3/q;+1. The van der Waals surface area contributed by atoms with Gasteiger partial charge in [0.1, 0.15) is 0 Å². The minimum Gasteiger partial charge on any atom is -0.377 e. The van der Waals surface area contributed by atoms with Gasteiger partial charge in [0.05, 0.1) is 40.6 Å². The van der Waals surface area contributed by atoms with Crippen LogP contribution in [0, 0.1) is 0 Å². The highest BCUT2D eigenvalue weighted by atomic mass is 32.3. The van der Waals surface area contributed by atoms with E-state index in [9.17, 15) is 12.6 Å². The Kier molecular flexibility index (Phi) is 27.0. The van der Waals surface area contributed by atoms with Crippen molar-refractivity contribution in [2.24, 2.45) is 0 Å². The zero-order chi connectivity index (χ0) is 30.0. The van der Waals surface area contributed by atoms with Crippen molar-refractivity contribution < 1.29 is 30.2 Å². The first-order chi connectivity index (χ1) is 18.4. The maximum Gasteiger partial charge on any atom is 0.277 e. The molecule has 0 aromatic heterocycles. The molecule has 0 amide bonds. The molecule has 0 radical (unpaired) electrons. The van der Waals surface area contributed by atoms with E-state index in [-0.39, 0.29) is 6.61 Å². The molecule has 0 aliphatic heterocycles. The lowest BCUT2D eigenvalue weighted by atomic mass is 10.0. The van der Waals surface area contributed by atoms with Gasteiger partial charge >= 0.3 is 0 Å². The zero-order valence-corrected chi connectivity index (χ0v) is 28.7. The number of nitrogens with zero attached hydrogens (tertiary/aromatic N) is 1. The second-order valence-corrected chi connectivity index (χ2v) is 15.0. The van der Waals surface area contributed by atoms with Crippen LogP contribution in [0.2, 0.25) is 0 Å². The van der Waals surface area contributed by atoms with E-state index in [1.807, 2.05) is 0 Å². The third kappa shape index (κ3) is 27.9. The zero-order valence-electron chi connectivity index (χ0n) is 27.1. The fraction of sp³-hybridized carbons (Fsp3) is 1.00. The number of ether oxygens (including phenoxy) is 2. The smallest absolute Gasteiger partial charge is 0.277 e. The van der Waals surface area contributed by atoms with Gasteiger partial charge in [-0.15, -0.1) is 0 Å². The first-order valence-corrected chi connectivity index (χ1v) is 18.5. The van der Waals surface area contributed by atoms with Crippen molar-refractivity contribution in [1.82, 2.24) is 0 Å². The maximum absolute atomic E-state index is 12.3. The van der Waals surface area contributed by atoms with Gasteiger partial charge in [0.25, 0.3) is 10.1 Å². The molecule has 0 spiro atoms. The lowest BCUT2D eigenvalue weighted by Gasteiger charge is -2.28. The van der Waals surface area contributed by atoms with Crippen molar-refractivity contribution in [1.29, 1.82) is 0 Å². The van der Waals surface area contributed by atoms with Crippen molar-refractivity contribution in [3.63, 3.8) is 0 Å². The molecule has 2 atom stereocenters. The summed E-state index contributed by atoms with van der Waals surface area (Å²) < 4.78 is 51.4. The summed E-state index contributed by atoms with van der Waals surface area (Å²) in [5, 5.41) is 0. The Bertz CT molecular complexity index is 661. The molecule has 9 heteroatoms. The topological polar surface area (TPSA) is 78.9 Å². The Morgan fingerprint density at radius 3 is 1.38 bits per heavy atom. The first-order valence-electron chi connectivity index (χ1n) is 15.6. The first kappa shape index (κ1) is 41.1. The number of methoxy groups -OCH3 is 1. The van der Waals surface area contributed by atoms with E-state index < -0.39 is 26.1 Å². The molecule has 0 aromatic carbocycles. The molecule has 39 heavy (non-hydrogen) atoms. The fourth-order valence-electron chi connectivity index (χ4n) is 4.36. The van der Waals surface area contributed by atoms with E-state index in [1.165, 1.54) is 110 Å². The van der Waals surface area contributed by atoms with Gasteiger partial charge in [0.2, 0.25) is 11.1 Å². The van der Waals surface area contributed by atoms with Gasteiger partial charge in [-0.1, -0.05) is 117 Å². The Morgan fingerprint density at radius 1 is 0.692 bits per heavy atom. The van der Waals surface area contributed by atoms with Gasteiger partial charge < -0.3 is 14.0 Å². The molecule has 0 rings (SSSR count). The summed E-state index contributed by atoms with van der Waals surface area (Å²) in [7, 11) is 4.20. The highest BCUT2D eigenvalue weighted by Gasteiger charge is 2.39. The number of hydrogen-bond donors (Lipinski definition) is 0. The highest BCUT2D eigenvalue weighted by molar-refractivity contribution is 7.97. The highest BCUT2D eigenvalue weighted by Crippen LogP contribution is 2.23. The average Bonchev–Trinajstić information content (AvgIpc) is 2.84. The Labute approximate surface area is 246 Å². The Hall–Kier alpha value is -0.0600. The van der Waals surface area contributed by atoms with Crippen molar-refractivity contribution in [2.45, 2.75) is 141 Å². The molecule has 0 aliphatic carbocycles. The fourth-order valence-corrected chi connectivity index (χ4v) is 6.31. The quantitative estimate of drug-likeness (QED) is 0.0746. The number of quaternary nitrogens is 1. The summed E-state index contributed by atoms with van der Waals surface area (Å²) in [6.07, 6.45) is 23.6. The lowest BCUT2D eigenvalue weighted by molar-refractivity contribution is -0.870. The van der Waals surface area contributed by atoms with Gasteiger partial charge in [-0.25, -0.2) is 4.21 Å². The molecule has 0 saturated heterocycles. The molecule has 0 aliphatic rings. The molecule has 0 saturated carbocycles. The summed E-state index contributed by atoms with van der Waals surface area (Å²) >= 11 is -2.14.